The molecule has 0 aliphatic heterocycles. The molecule has 84 valence electrons. The molecular formula is C12H18O3. The summed E-state index contributed by atoms with van der Waals surface area (Å²) in [5, 5.41) is 0. The molecule has 0 aliphatic carbocycles. The molecule has 0 radical (unpaired) electrons. The molecule has 3 nitrogen and oxygen atoms in total. The van der Waals surface area contributed by atoms with E-state index in [0.29, 0.717) is 13.2 Å². The van der Waals surface area contributed by atoms with Crippen LogP contribution in [0.5, 0.6) is 0 Å². The molecule has 1 rings (SSSR count). The number of hydrogen-bond donors (Lipinski definition) is 0. The fourth-order valence-electron chi connectivity index (χ4n) is 1.28. The Balaban J connectivity index is 2.12. The van der Waals surface area contributed by atoms with Crippen LogP contribution < -0.4 is 0 Å². The lowest BCUT2D eigenvalue weighted by Gasteiger charge is -2.12. The Morgan fingerprint density at radius 3 is 2.33 bits per heavy atom. The molecule has 0 saturated carbocycles. The van der Waals surface area contributed by atoms with Crippen LogP contribution in [0.1, 0.15) is 12.0 Å². The molecule has 0 aliphatic rings. The summed E-state index contributed by atoms with van der Waals surface area (Å²) in [5.41, 5.74) is 1.18. The Morgan fingerprint density at radius 1 is 1.07 bits per heavy atom. The number of benzene rings is 1. The summed E-state index contributed by atoms with van der Waals surface area (Å²) in [6.07, 6.45) is 0.584. The van der Waals surface area contributed by atoms with E-state index in [1.54, 1.807) is 14.2 Å². The van der Waals surface area contributed by atoms with Gasteiger partial charge >= 0.3 is 0 Å². The number of rotatable bonds is 7. The molecule has 0 fully saturated rings. The van der Waals surface area contributed by atoms with Crippen molar-refractivity contribution in [2.45, 2.75) is 19.3 Å². The highest BCUT2D eigenvalue weighted by Gasteiger charge is 2.03. The molecule has 0 saturated heterocycles. The fraction of sp³-hybridized carbons (Fsp3) is 0.500. The zero-order valence-corrected chi connectivity index (χ0v) is 9.31. The van der Waals surface area contributed by atoms with E-state index >= 15 is 0 Å². The largest absolute Gasteiger partial charge is 0.377 e. The lowest BCUT2D eigenvalue weighted by Crippen LogP contribution is -2.15. The van der Waals surface area contributed by atoms with Crippen LogP contribution in [-0.4, -0.2) is 27.1 Å². The molecular weight excluding hydrogens is 192 g/mol. The van der Waals surface area contributed by atoms with E-state index < -0.39 is 0 Å². The minimum absolute atomic E-state index is 0.166. The van der Waals surface area contributed by atoms with Crippen LogP contribution in [-0.2, 0) is 20.8 Å². The van der Waals surface area contributed by atoms with Crippen molar-refractivity contribution in [3.05, 3.63) is 35.9 Å². The van der Waals surface area contributed by atoms with Gasteiger partial charge in [0.15, 0.2) is 6.29 Å². The molecule has 0 amide bonds. The Labute approximate surface area is 91.0 Å². The van der Waals surface area contributed by atoms with Gasteiger partial charge in [-0.15, -0.1) is 0 Å². The van der Waals surface area contributed by atoms with E-state index in [0.717, 1.165) is 6.42 Å². The van der Waals surface area contributed by atoms with Crippen LogP contribution in [0.15, 0.2) is 30.3 Å². The van der Waals surface area contributed by atoms with Crippen molar-refractivity contribution in [1.82, 2.24) is 0 Å². The van der Waals surface area contributed by atoms with Crippen LogP contribution in [0.25, 0.3) is 0 Å². The number of ether oxygens (including phenoxy) is 3. The second-order valence-electron chi connectivity index (χ2n) is 3.23. The first kappa shape index (κ1) is 12.2. The van der Waals surface area contributed by atoms with Gasteiger partial charge in [0.2, 0.25) is 0 Å². The van der Waals surface area contributed by atoms with Gasteiger partial charge in [0.25, 0.3) is 0 Å². The van der Waals surface area contributed by atoms with E-state index in [1.807, 2.05) is 30.3 Å². The minimum atomic E-state index is -0.166. The molecule has 0 atom stereocenters. The lowest BCUT2D eigenvalue weighted by atomic mass is 10.2. The van der Waals surface area contributed by atoms with Crippen molar-refractivity contribution in [3.8, 4) is 0 Å². The fourth-order valence-corrected chi connectivity index (χ4v) is 1.28. The standard InChI is InChI=1S/C12H18O3/c1-13-12(14-2)8-9-15-10-11-6-4-3-5-7-11/h3-7,12H,8-10H2,1-2H3. The lowest BCUT2D eigenvalue weighted by molar-refractivity contribution is -0.116. The van der Waals surface area contributed by atoms with Crippen molar-refractivity contribution in [1.29, 1.82) is 0 Å². The number of methoxy groups -OCH3 is 2. The van der Waals surface area contributed by atoms with E-state index in [4.69, 9.17) is 14.2 Å². The summed E-state index contributed by atoms with van der Waals surface area (Å²) >= 11 is 0. The highest BCUT2D eigenvalue weighted by molar-refractivity contribution is 5.13. The van der Waals surface area contributed by atoms with Gasteiger partial charge in [-0.2, -0.15) is 0 Å². The second-order valence-corrected chi connectivity index (χ2v) is 3.23. The smallest absolute Gasteiger partial charge is 0.159 e. The number of hydrogen-bond acceptors (Lipinski definition) is 3. The van der Waals surface area contributed by atoms with Gasteiger partial charge in [0.1, 0.15) is 0 Å². The molecule has 1 aromatic rings. The maximum absolute atomic E-state index is 5.49. The minimum Gasteiger partial charge on any atom is -0.377 e. The normalized spacial score (nSPS) is 10.9. The van der Waals surface area contributed by atoms with Crippen LogP contribution in [0.3, 0.4) is 0 Å². The maximum Gasteiger partial charge on any atom is 0.159 e. The molecule has 15 heavy (non-hydrogen) atoms. The van der Waals surface area contributed by atoms with Gasteiger partial charge in [0, 0.05) is 20.6 Å². The van der Waals surface area contributed by atoms with Crippen LogP contribution in [0.4, 0.5) is 0 Å². The van der Waals surface area contributed by atoms with E-state index in [1.165, 1.54) is 5.56 Å². The maximum atomic E-state index is 5.49. The molecule has 3 heteroatoms. The summed E-state index contributed by atoms with van der Waals surface area (Å²) in [6.45, 7) is 1.28. The predicted octanol–water partition coefficient (Wildman–Crippen LogP) is 2.21. The van der Waals surface area contributed by atoms with Crippen molar-refractivity contribution >= 4 is 0 Å². The van der Waals surface area contributed by atoms with E-state index in [2.05, 4.69) is 0 Å². The van der Waals surface area contributed by atoms with Crippen molar-refractivity contribution in [2.24, 2.45) is 0 Å². The molecule has 1 aromatic carbocycles. The molecule has 0 heterocycles. The second kappa shape index (κ2) is 7.40. The van der Waals surface area contributed by atoms with Crippen molar-refractivity contribution in [3.63, 3.8) is 0 Å². The molecule has 0 spiro atoms. The first-order valence-electron chi connectivity index (χ1n) is 5.04. The third-order valence-corrected chi connectivity index (χ3v) is 2.14. The van der Waals surface area contributed by atoms with Crippen LogP contribution in [0.2, 0.25) is 0 Å². The Morgan fingerprint density at radius 2 is 1.73 bits per heavy atom. The van der Waals surface area contributed by atoms with Crippen LogP contribution in [0, 0.1) is 0 Å². The average molecular weight is 210 g/mol. The average Bonchev–Trinajstić information content (AvgIpc) is 2.31. The Hall–Kier alpha value is -0.900. The van der Waals surface area contributed by atoms with Gasteiger partial charge in [-0.25, -0.2) is 0 Å². The molecule has 0 unspecified atom stereocenters. The molecule has 0 bridgehead atoms. The summed E-state index contributed by atoms with van der Waals surface area (Å²) in [6, 6.07) is 10.1. The predicted molar refractivity (Wildman–Crippen MR) is 58.5 cm³/mol. The molecule has 0 aromatic heterocycles. The monoisotopic (exact) mass is 210 g/mol. The highest BCUT2D eigenvalue weighted by Crippen LogP contribution is 2.03. The topological polar surface area (TPSA) is 27.7 Å². The van der Waals surface area contributed by atoms with Crippen molar-refractivity contribution in [2.75, 3.05) is 20.8 Å². The Kier molecular flexibility index (Phi) is 6.00. The summed E-state index contributed by atoms with van der Waals surface area (Å²) in [4.78, 5) is 0. The first-order chi connectivity index (χ1) is 7.36. The zero-order chi connectivity index (χ0) is 10.9. The highest BCUT2D eigenvalue weighted by atomic mass is 16.7. The zero-order valence-electron chi connectivity index (χ0n) is 9.31. The molecule has 0 N–H and O–H groups in total. The van der Waals surface area contributed by atoms with Gasteiger partial charge in [-0.1, -0.05) is 30.3 Å². The van der Waals surface area contributed by atoms with E-state index in [-0.39, 0.29) is 6.29 Å². The summed E-state index contributed by atoms with van der Waals surface area (Å²) in [5.74, 6) is 0. The summed E-state index contributed by atoms with van der Waals surface area (Å²) < 4.78 is 15.6. The van der Waals surface area contributed by atoms with Gasteiger partial charge in [-0.3, -0.25) is 0 Å². The third-order valence-electron chi connectivity index (χ3n) is 2.14. The quantitative estimate of drug-likeness (QED) is 0.510. The van der Waals surface area contributed by atoms with Crippen molar-refractivity contribution < 1.29 is 14.2 Å². The van der Waals surface area contributed by atoms with Gasteiger partial charge in [0.05, 0.1) is 13.2 Å². The summed E-state index contributed by atoms with van der Waals surface area (Å²) in [7, 11) is 3.26. The first-order valence-corrected chi connectivity index (χ1v) is 5.04. The van der Waals surface area contributed by atoms with Gasteiger partial charge in [-0.05, 0) is 5.56 Å². The third kappa shape index (κ3) is 4.93. The Bertz CT molecular complexity index is 244. The van der Waals surface area contributed by atoms with Crippen LogP contribution >= 0.6 is 0 Å². The SMILES string of the molecule is COC(CCOCc1ccccc1)OC. The van der Waals surface area contributed by atoms with E-state index in [9.17, 15) is 0 Å². The van der Waals surface area contributed by atoms with Gasteiger partial charge < -0.3 is 14.2 Å².